The average Bonchev–Trinajstić information content (AvgIpc) is 2.38. The Morgan fingerprint density at radius 3 is 2.47 bits per heavy atom. The van der Waals surface area contributed by atoms with E-state index < -0.39 is 12.0 Å². The second kappa shape index (κ2) is 7.38. The fourth-order valence-corrected chi connectivity index (χ4v) is 1.53. The first-order valence-corrected chi connectivity index (χ1v) is 5.82. The zero-order valence-electron chi connectivity index (χ0n) is 10.6. The lowest BCUT2D eigenvalue weighted by Gasteiger charge is -2.14. The predicted molar refractivity (Wildman–Crippen MR) is 67.9 cm³/mol. The van der Waals surface area contributed by atoms with Gasteiger partial charge in [-0.25, -0.2) is 4.79 Å². The minimum absolute atomic E-state index is 0.111. The summed E-state index contributed by atoms with van der Waals surface area (Å²) in [5, 5.41) is 20.6. The van der Waals surface area contributed by atoms with Gasteiger partial charge in [0.15, 0.2) is 0 Å². The van der Waals surface area contributed by atoms with Gasteiger partial charge in [-0.05, 0) is 17.7 Å². The standard InChI is InChI=1S/C13H17NO5/c1-19-7-6-12(16)14-11(13(17)18)8-9-2-4-10(15)5-3-9/h2-5,11,15H,6-8H2,1H3,(H,14,16)(H,17,18)/t11-/m1/s1. The number of methoxy groups -OCH3 is 1. The maximum atomic E-state index is 11.5. The van der Waals surface area contributed by atoms with Crippen LogP contribution in [-0.4, -0.2) is 41.8 Å². The maximum Gasteiger partial charge on any atom is 0.326 e. The summed E-state index contributed by atoms with van der Waals surface area (Å²) in [5.41, 5.74) is 0.720. The Morgan fingerprint density at radius 1 is 1.32 bits per heavy atom. The summed E-state index contributed by atoms with van der Waals surface area (Å²) in [6.07, 6.45) is 0.282. The first kappa shape index (κ1) is 15.0. The number of nitrogens with one attached hydrogen (secondary N) is 1. The van der Waals surface area contributed by atoms with Crippen molar-refractivity contribution in [2.24, 2.45) is 0 Å². The molecule has 0 fully saturated rings. The van der Waals surface area contributed by atoms with Crippen LogP contribution < -0.4 is 5.32 Å². The number of benzene rings is 1. The Balaban J connectivity index is 2.60. The number of amides is 1. The molecular weight excluding hydrogens is 250 g/mol. The highest BCUT2D eigenvalue weighted by Gasteiger charge is 2.20. The molecule has 0 aliphatic rings. The van der Waals surface area contributed by atoms with Crippen LogP contribution in [0.15, 0.2) is 24.3 Å². The Morgan fingerprint density at radius 2 is 1.95 bits per heavy atom. The second-order valence-electron chi connectivity index (χ2n) is 4.07. The van der Waals surface area contributed by atoms with Crippen molar-refractivity contribution in [3.63, 3.8) is 0 Å². The van der Waals surface area contributed by atoms with E-state index in [9.17, 15) is 9.59 Å². The summed E-state index contributed by atoms with van der Waals surface area (Å²) in [6, 6.07) is 5.19. The van der Waals surface area contributed by atoms with Crippen molar-refractivity contribution in [1.29, 1.82) is 0 Å². The molecule has 1 atom stereocenters. The van der Waals surface area contributed by atoms with Gasteiger partial charge in [-0.3, -0.25) is 4.79 Å². The highest BCUT2D eigenvalue weighted by molar-refractivity contribution is 5.83. The van der Waals surface area contributed by atoms with Gasteiger partial charge in [-0.2, -0.15) is 0 Å². The van der Waals surface area contributed by atoms with Gasteiger partial charge in [0, 0.05) is 20.0 Å². The summed E-state index contributed by atoms with van der Waals surface area (Å²) in [5.74, 6) is -1.35. The Kier molecular flexibility index (Phi) is 5.81. The van der Waals surface area contributed by atoms with Crippen LogP contribution in [0.2, 0.25) is 0 Å². The lowest BCUT2D eigenvalue weighted by atomic mass is 10.1. The molecule has 6 heteroatoms. The van der Waals surface area contributed by atoms with Gasteiger partial charge in [-0.15, -0.1) is 0 Å². The molecule has 0 heterocycles. The molecule has 1 aromatic rings. The van der Waals surface area contributed by atoms with Crippen molar-refractivity contribution in [2.45, 2.75) is 18.9 Å². The number of hydrogen-bond donors (Lipinski definition) is 3. The van der Waals surface area contributed by atoms with E-state index in [1.807, 2.05) is 0 Å². The van der Waals surface area contributed by atoms with E-state index in [2.05, 4.69) is 5.32 Å². The topological polar surface area (TPSA) is 95.9 Å². The molecule has 3 N–H and O–H groups in total. The number of aromatic hydroxyl groups is 1. The normalized spacial score (nSPS) is 11.8. The largest absolute Gasteiger partial charge is 0.508 e. The van der Waals surface area contributed by atoms with Gasteiger partial charge < -0.3 is 20.3 Å². The van der Waals surface area contributed by atoms with Crippen LogP contribution >= 0.6 is 0 Å². The lowest BCUT2D eigenvalue weighted by molar-refractivity contribution is -0.141. The Labute approximate surface area is 111 Å². The van der Waals surface area contributed by atoms with Gasteiger partial charge >= 0.3 is 5.97 Å². The monoisotopic (exact) mass is 267 g/mol. The van der Waals surface area contributed by atoms with E-state index >= 15 is 0 Å². The van der Waals surface area contributed by atoms with Crippen LogP contribution in [0, 0.1) is 0 Å². The summed E-state index contributed by atoms with van der Waals surface area (Å²) in [7, 11) is 1.47. The second-order valence-corrected chi connectivity index (χ2v) is 4.07. The highest BCUT2D eigenvalue weighted by Crippen LogP contribution is 2.11. The number of phenolic OH excluding ortho intramolecular Hbond substituents is 1. The van der Waals surface area contributed by atoms with Crippen molar-refractivity contribution in [1.82, 2.24) is 5.32 Å². The van der Waals surface area contributed by atoms with E-state index in [0.717, 1.165) is 5.56 Å². The van der Waals surface area contributed by atoms with Crippen molar-refractivity contribution < 1.29 is 24.5 Å². The van der Waals surface area contributed by atoms with Crippen molar-refractivity contribution >= 4 is 11.9 Å². The Bertz CT molecular complexity index is 429. The SMILES string of the molecule is COCCC(=O)N[C@H](Cc1ccc(O)cc1)C(=O)O. The number of aliphatic carboxylic acids is 1. The zero-order valence-corrected chi connectivity index (χ0v) is 10.6. The molecule has 0 saturated heterocycles. The molecule has 0 bridgehead atoms. The Hall–Kier alpha value is -2.08. The van der Waals surface area contributed by atoms with E-state index in [4.69, 9.17) is 14.9 Å². The molecule has 1 rings (SSSR count). The summed E-state index contributed by atoms with van der Waals surface area (Å²) in [6.45, 7) is 0.247. The molecule has 6 nitrogen and oxygen atoms in total. The number of hydrogen-bond acceptors (Lipinski definition) is 4. The maximum absolute atomic E-state index is 11.5. The number of rotatable bonds is 7. The van der Waals surface area contributed by atoms with Gasteiger partial charge in [0.25, 0.3) is 0 Å². The average molecular weight is 267 g/mol. The third kappa shape index (κ3) is 5.39. The van der Waals surface area contributed by atoms with E-state index in [0.29, 0.717) is 0 Å². The molecule has 104 valence electrons. The van der Waals surface area contributed by atoms with Crippen LogP contribution in [0.5, 0.6) is 5.75 Å². The molecule has 0 unspecified atom stereocenters. The number of carbonyl (C=O) groups excluding carboxylic acids is 1. The molecule has 0 aliphatic carbocycles. The first-order valence-electron chi connectivity index (χ1n) is 5.82. The van der Waals surface area contributed by atoms with Crippen LogP contribution in [0.1, 0.15) is 12.0 Å². The molecule has 0 aromatic heterocycles. The van der Waals surface area contributed by atoms with Crippen molar-refractivity contribution in [2.75, 3.05) is 13.7 Å². The van der Waals surface area contributed by atoms with E-state index in [1.165, 1.54) is 19.2 Å². The van der Waals surface area contributed by atoms with Gasteiger partial charge in [0.1, 0.15) is 11.8 Å². The fraction of sp³-hybridized carbons (Fsp3) is 0.385. The van der Waals surface area contributed by atoms with Crippen LogP contribution in [0.3, 0.4) is 0 Å². The summed E-state index contributed by atoms with van der Waals surface area (Å²) in [4.78, 5) is 22.6. The molecule has 1 aromatic carbocycles. The minimum atomic E-state index is -1.10. The molecular formula is C13H17NO5. The summed E-state index contributed by atoms with van der Waals surface area (Å²) >= 11 is 0. The molecule has 0 radical (unpaired) electrons. The zero-order chi connectivity index (χ0) is 14.3. The number of carboxylic acids is 1. The van der Waals surface area contributed by atoms with Crippen molar-refractivity contribution in [3.05, 3.63) is 29.8 Å². The van der Waals surface area contributed by atoms with Crippen molar-refractivity contribution in [3.8, 4) is 5.75 Å². The van der Waals surface area contributed by atoms with E-state index in [-0.39, 0.29) is 31.1 Å². The molecule has 0 aliphatic heterocycles. The lowest BCUT2D eigenvalue weighted by Crippen LogP contribution is -2.42. The van der Waals surface area contributed by atoms with Crippen LogP contribution in [-0.2, 0) is 20.7 Å². The fourth-order valence-electron chi connectivity index (χ4n) is 1.53. The highest BCUT2D eigenvalue weighted by atomic mass is 16.5. The van der Waals surface area contributed by atoms with Gasteiger partial charge in [-0.1, -0.05) is 12.1 Å². The van der Waals surface area contributed by atoms with Gasteiger partial charge in [0.2, 0.25) is 5.91 Å². The third-order valence-electron chi connectivity index (χ3n) is 2.54. The molecule has 19 heavy (non-hydrogen) atoms. The number of carboxylic acid groups (broad SMARTS) is 1. The molecule has 0 saturated carbocycles. The van der Waals surface area contributed by atoms with Gasteiger partial charge in [0.05, 0.1) is 6.61 Å². The molecule has 1 amide bonds. The van der Waals surface area contributed by atoms with Crippen LogP contribution in [0.25, 0.3) is 0 Å². The number of phenols is 1. The predicted octanol–water partition coefficient (Wildman–Crippen LogP) is 0.541. The summed E-state index contributed by atoms with van der Waals surface area (Å²) < 4.78 is 4.75. The number of ether oxygens (including phenoxy) is 1. The smallest absolute Gasteiger partial charge is 0.326 e. The minimum Gasteiger partial charge on any atom is -0.508 e. The third-order valence-corrected chi connectivity index (χ3v) is 2.54. The number of carbonyl (C=O) groups is 2. The first-order chi connectivity index (χ1) is 9.02. The van der Waals surface area contributed by atoms with E-state index in [1.54, 1.807) is 12.1 Å². The quantitative estimate of drug-likeness (QED) is 0.670. The van der Waals surface area contributed by atoms with Crippen LogP contribution in [0.4, 0.5) is 0 Å². The molecule has 0 spiro atoms.